The van der Waals surface area contributed by atoms with Gasteiger partial charge in [0.25, 0.3) is 0 Å². The molecule has 80 heavy (non-hydrogen) atoms. The van der Waals surface area contributed by atoms with Crippen molar-refractivity contribution in [2.24, 2.45) is 0 Å². The smallest absolute Gasteiger partial charge is 0.306 e. The van der Waals surface area contributed by atoms with E-state index >= 15 is 0 Å². The van der Waals surface area contributed by atoms with Crippen molar-refractivity contribution in [1.82, 2.24) is 0 Å². The number of ether oxygens (including phenoxy) is 3. The molecule has 458 valence electrons. The third kappa shape index (κ3) is 64.9. The minimum atomic E-state index is -0.780. The average molecular weight is 1110 g/mol. The molecule has 0 aliphatic carbocycles. The first-order chi connectivity index (χ1) is 39.5. The normalized spacial score (nSPS) is 12.8. The number of hydrogen-bond acceptors (Lipinski definition) is 6. The largest absolute Gasteiger partial charge is 0.462 e. The molecule has 6 heteroatoms. The first kappa shape index (κ1) is 76.1. The standard InChI is InChI=1S/C74H126O6/c1-4-7-10-13-16-19-21-23-25-27-29-31-32-33-34-35-36-37-38-39-40-41-42-44-45-47-49-51-53-55-58-61-64-67-73(76)79-70-71(69-78-72(75)66-63-60-57-18-15-12-9-6-3)80-74(77)68-65-62-59-56-54-52-50-48-46-43-30-28-26-24-22-20-17-14-11-8-5-2/h7-8,10-11,16-17,19-20,23-26,29-31,33-34,43,71H,4-6,9,12-15,18,21-22,27-28,32,35-42,44-70H2,1-3H3/b10-7-,11-8-,19-16-,20-17-,25-23-,26-24-,31-29-,34-33-,43-30-. The summed E-state index contributed by atoms with van der Waals surface area (Å²) in [4.78, 5) is 38.2. The van der Waals surface area contributed by atoms with E-state index in [1.165, 1.54) is 161 Å². The van der Waals surface area contributed by atoms with E-state index in [0.717, 1.165) is 122 Å². The molecule has 1 atom stereocenters. The van der Waals surface area contributed by atoms with Gasteiger partial charge in [-0.05, 0) is 103 Å². The minimum Gasteiger partial charge on any atom is -0.462 e. The Morgan fingerprint density at radius 2 is 0.487 bits per heavy atom. The van der Waals surface area contributed by atoms with Crippen LogP contribution in [0.3, 0.4) is 0 Å². The molecule has 0 heterocycles. The molecule has 6 nitrogen and oxygen atoms in total. The number of carbonyl (C=O) groups excluding carboxylic acids is 3. The van der Waals surface area contributed by atoms with Gasteiger partial charge in [0.2, 0.25) is 0 Å². The average Bonchev–Trinajstić information content (AvgIpc) is 3.46. The van der Waals surface area contributed by atoms with E-state index in [4.69, 9.17) is 14.2 Å². The molecule has 1 unspecified atom stereocenters. The molecule has 0 saturated carbocycles. The summed E-state index contributed by atoms with van der Waals surface area (Å²) in [6, 6.07) is 0. The van der Waals surface area contributed by atoms with Crippen molar-refractivity contribution in [3.05, 3.63) is 109 Å². The highest BCUT2D eigenvalue weighted by Gasteiger charge is 2.19. The van der Waals surface area contributed by atoms with Crippen molar-refractivity contribution in [2.75, 3.05) is 13.2 Å². The van der Waals surface area contributed by atoms with Crippen LogP contribution >= 0.6 is 0 Å². The van der Waals surface area contributed by atoms with Crippen molar-refractivity contribution in [2.45, 2.75) is 329 Å². The van der Waals surface area contributed by atoms with Gasteiger partial charge in [0.1, 0.15) is 13.2 Å². The maximum atomic E-state index is 12.9. The topological polar surface area (TPSA) is 78.9 Å². The summed E-state index contributed by atoms with van der Waals surface area (Å²) in [6.07, 6.45) is 92.7. The third-order valence-corrected chi connectivity index (χ3v) is 14.5. The number of carbonyl (C=O) groups is 3. The zero-order valence-electron chi connectivity index (χ0n) is 52.6. The van der Waals surface area contributed by atoms with Gasteiger partial charge in [0.05, 0.1) is 0 Å². The Kier molecular flexibility index (Phi) is 64.3. The Balaban J connectivity index is 4.09. The number of hydrogen-bond donors (Lipinski definition) is 0. The summed E-state index contributed by atoms with van der Waals surface area (Å²) in [5.41, 5.74) is 0. The number of rotatable bonds is 61. The number of allylic oxidation sites excluding steroid dienone is 18. The summed E-state index contributed by atoms with van der Waals surface area (Å²) < 4.78 is 16.9. The molecule has 0 aromatic carbocycles. The summed E-state index contributed by atoms with van der Waals surface area (Å²) in [5, 5.41) is 0. The molecule has 0 fully saturated rings. The van der Waals surface area contributed by atoms with E-state index in [1.807, 2.05) is 0 Å². The first-order valence-corrected chi connectivity index (χ1v) is 33.9. The molecule has 0 aliphatic rings. The maximum absolute atomic E-state index is 12.9. The molecule has 0 radical (unpaired) electrons. The summed E-state index contributed by atoms with van der Waals surface area (Å²) >= 11 is 0. The summed E-state index contributed by atoms with van der Waals surface area (Å²) in [7, 11) is 0. The Bertz CT molecular complexity index is 1610. The molecular weight excluding hydrogens is 985 g/mol. The molecule has 0 bridgehead atoms. The fourth-order valence-corrected chi connectivity index (χ4v) is 9.52. The van der Waals surface area contributed by atoms with E-state index in [-0.39, 0.29) is 31.1 Å². The monoisotopic (exact) mass is 1110 g/mol. The highest BCUT2D eigenvalue weighted by molar-refractivity contribution is 5.71. The SMILES string of the molecule is CC/C=C\C/C=C\C/C=C\C/C=C\C/C=C\CCCCCCCCCCCCCCCCCCCC(=O)OCC(COC(=O)CCCCCCCCCC)OC(=O)CCCCCCCCCC/C=C\C/C=C\C/C=C\C/C=C\CC. The van der Waals surface area contributed by atoms with Crippen LogP contribution in [0.1, 0.15) is 323 Å². The van der Waals surface area contributed by atoms with Crippen LogP contribution in [-0.2, 0) is 28.6 Å². The molecular formula is C74H126O6. The second kappa shape index (κ2) is 67.6. The van der Waals surface area contributed by atoms with Crippen LogP contribution in [0, 0.1) is 0 Å². The van der Waals surface area contributed by atoms with Gasteiger partial charge in [-0.25, -0.2) is 0 Å². The van der Waals surface area contributed by atoms with Crippen LogP contribution in [0.15, 0.2) is 109 Å². The van der Waals surface area contributed by atoms with Gasteiger partial charge >= 0.3 is 17.9 Å². The molecule has 0 spiro atoms. The predicted octanol–water partition coefficient (Wildman–Crippen LogP) is 23.4. The van der Waals surface area contributed by atoms with Crippen LogP contribution in [0.2, 0.25) is 0 Å². The van der Waals surface area contributed by atoms with Crippen LogP contribution in [0.25, 0.3) is 0 Å². The van der Waals surface area contributed by atoms with Crippen molar-refractivity contribution in [3.63, 3.8) is 0 Å². The first-order valence-electron chi connectivity index (χ1n) is 33.9. The fourth-order valence-electron chi connectivity index (χ4n) is 9.52. The molecule has 0 aromatic heterocycles. The lowest BCUT2D eigenvalue weighted by molar-refractivity contribution is -0.167. The predicted molar refractivity (Wildman–Crippen MR) is 348 cm³/mol. The second-order valence-corrected chi connectivity index (χ2v) is 22.3. The Morgan fingerprint density at radius 3 is 0.762 bits per heavy atom. The lowest BCUT2D eigenvalue weighted by atomic mass is 10.0. The minimum absolute atomic E-state index is 0.0779. The second-order valence-electron chi connectivity index (χ2n) is 22.3. The zero-order valence-corrected chi connectivity index (χ0v) is 52.6. The quantitative estimate of drug-likeness (QED) is 0.0261. The van der Waals surface area contributed by atoms with E-state index in [0.29, 0.717) is 19.3 Å². The number of unbranched alkanes of at least 4 members (excludes halogenated alkanes) is 32. The molecule has 0 aromatic rings. The van der Waals surface area contributed by atoms with Gasteiger partial charge in [-0.3, -0.25) is 14.4 Å². The van der Waals surface area contributed by atoms with Gasteiger partial charge in [0.15, 0.2) is 6.10 Å². The van der Waals surface area contributed by atoms with Crippen LogP contribution < -0.4 is 0 Å². The highest BCUT2D eigenvalue weighted by atomic mass is 16.6. The lowest BCUT2D eigenvalue weighted by Crippen LogP contribution is -2.30. The van der Waals surface area contributed by atoms with Crippen molar-refractivity contribution < 1.29 is 28.6 Å². The molecule has 0 saturated heterocycles. The van der Waals surface area contributed by atoms with Crippen LogP contribution in [0.5, 0.6) is 0 Å². The van der Waals surface area contributed by atoms with Crippen LogP contribution in [-0.4, -0.2) is 37.2 Å². The third-order valence-electron chi connectivity index (χ3n) is 14.5. The molecule has 0 rings (SSSR count). The molecule has 0 N–H and O–H groups in total. The Hall–Kier alpha value is -3.93. The summed E-state index contributed by atoms with van der Waals surface area (Å²) in [5.74, 6) is -0.879. The van der Waals surface area contributed by atoms with Crippen molar-refractivity contribution in [3.8, 4) is 0 Å². The van der Waals surface area contributed by atoms with Gasteiger partial charge in [0, 0.05) is 19.3 Å². The lowest BCUT2D eigenvalue weighted by Gasteiger charge is -2.18. The molecule has 0 amide bonds. The zero-order chi connectivity index (χ0) is 57.8. The van der Waals surface area contributed by atoms with Gasteiger partial charge in [-0.15, -0.1) is 0 Å². The van der Waals surface area contributed by atoms with E-state index in [9.17, 15) is 14.4 Å². The van der Waals surface area contributed by atoms with Crippen LogP contribution in [0.4, 0.5) is 0 Å². The summed E-state index contributed by atoms with van der Waals surface area (Å²) in [6.45, 7) is 6.40. The van der Waals surface area contributed by atoms with E-state index in [1.54, 1.807) is 0 Å². The van der Waals surface area contributed by atoms with E-state index in [2.05, 4.69) is 130 Å². The highest BCUT2D eigenvalue weighted by Crippen LogP contribution is 2.17. The van der Waals surface area contributed by atoms with Gasteiger partial charge < -0.3 is 14.2 Å². The van der Waals surface area contributed by atoms with Gasteiger partial charge in [-0.2, -0.15) is 0 Å². The number of esters is 3. The Labute approximate surface area is 495 Å². The maximum Gasteiger partial charge on any atom is 0.306 e. The van der Waals surface area contributed by atoms with Crippen molar-refractivity contribution >= 4 is 17.9 Å². The van der Waals surface area contributed by atoms with Gasteiger partial charge in [-0.1, -0.05) is 310 Å². The fraction of sp³-hybridized carbons (Fsp3) is 0.716. The molecule has 0 aliphatic heterocycles. The van der Waals surface area contributed by atoms with Crippen molar-refractivity contribution in [1.29, 1.82) is 0 Å². The Morgan fingerprint density at radius 1 is 0.263 bits per heavy atom. The van der Waals surface area contributed by atoms with E-state index < -0.39 is 6.10 Å².